The van der Waals surface area contributed by atoms with Crippen LogP contribution in [-0.4, -0.2) is 39.0 Å². The largest absolute Gasteiger partial charge is 0.352 e. The van der Waals surface area contributed by atoms with Gasteiger partial charge in [-0.1, -0.05) is 35.9 Å². The molecular weight excluding hydrogens is 448 g/mol. The van der Waals surface area contributed by atoms with E-state index in [0.717, 1.165) is 58.7 Å². The van der Waals surface area contributed by atoms with Gasteiger partial charge in [0.2, 0.25) is 5.91 Å². The quantitative estimate of drug-likeness (QED) is 0.437. The molecule has 2 aromatic carbocycles. The molecule has 34 heavy (non-hydrogen) atoms. The Hall–Kier alpha value is -3.45. The lowest BCUT2D eigenvalue weighted by atomic mass is 9.96. The van der Waals surface area contributed by atoms with E-state index in [4.69, 9.17) is 16.7 Å². The summed E-state index contributed by atoms with van der Waals surface area (Å²) in [5, 5.41) is 18.5. The van der Waals surface area contributed by atoms with Crippen molar-refractivity contribution in [2.45, 2.75) is 33.6 Å². The molecule has 0 spiro atoms. The number of anilines is 2. The zero-order chi connectivity index (χ0) is 23.8. The molecule has 0 saturated carbocycles. The Morgan fingerprint density at radius 3 is 2.65 bits per heavy atom. The monoisotopic (exact) mass is 474 g/mol. The number of aromatic nitrogens is 4. The second-order valence-corrected chi connectivity index (χ2v) is 9.33. The molecule has 1 atom stereocenters. The minimum absolute atomic E-state index is 0.0298. The van der Waals surface area contributed by atoms with Gasteiger partial charge < -0.3 is 10.2 Å². The summed E-state index contributed by atoms with van der Waals surface area (Å²) >= 11 is 6.33. The number of benzene rings is 2. The molecule has 2 aromatic heterocycles. The third-order valence-corrected chi connectivity index (χ3v) is 6.77. The first-order valence-electron chi connectivity index (χ1n) is 11.5. The number of nitrogens with one attached hydrogen (secondary N) is 1. The van der Waals surface area contributed by atoms with Crippen molar-refractivity contribution in [2.75, 3.05) is 23.3 Å². The summed E-state index contributed by atoms with van der Waals surface area (Å²) in [4.78, 5) is 15.2. The van der Waals surface area contributed by atoms with Crippen molar-refractivity contribution >= 4 is 39.9 Å². The Morgan fingerprint density at radius 2 is 1.88 bits per heavy atom. The van der Waals surface area contributed by atoms with Crippen LogP contribution in [0.2, 0.25) is 5.02 Å². The number of carbonyl (C=O) groups excluding carboxylic acids is 1. The highest BCUT2D eigenvalue weighted by atomic mass is 35.5. The second kappa shape index (κ2) is 9.06. The van der Waals surface area contributed by atoms with Crippen molar-refractivity contribution in [1.82, 2.24) is 20.0 Å². The SMILES string of the molecule is Cc1ccc(NC(=O)[C@H]2CCCN(c3nnc(C)c4c(C)n(-c5ccccc5)nc34)C2)c(Cl)c1. The molecular formula is C26H27ClN6O. The lowest BCUT2D eigenvalue weighted by Crippen LogP contribution is -2.41. The molecule has 0 unspecified atom stereocenters. The number of halogens is 1. The van der Waals surface area contributed by atoms with Gasteiger partial charge in [0.05, 0.1) is 39.1 Å². The molecule has 1 fully saturated rings. The molecule has 1 aliphatic rings. The van der Waals surface area contributed by atoms with Crippen LogP contribution in [0.5, 0.6) is 0 Å². The molecule has 4 aromatic rings. The Labute approximate surface area is 203 Å². The predicted molar refractivity (Wildman–Crippen MR) is 136 cm³/mol. The number of amides is 1. The molecule has 3 heterocycles. The summed E-state index contributed by atoms with van der Waals surface area (Å²) in [5.74, 6) is 0.517. The topological polar surface area (TPSA) is 75.9 Å². The van der Waals surface area contributed by atoms with Crippen molar-refractivity contribution in [3.63, 3.8) is 0 Å². The standard InChI is InChI=1S/C26H27ClN6O/c1-16-11-12-22(21(27)14-16)28-26(34)19-8-7-13-32(15-19)25-24-23(17(2)29-30-25)18(3)33(31-24)20-9-5-4-6-10-20/h4-6,9-12,14,19H,7-8,13,15H2,1-3H3,(H,28,34)/t19-/m0/s1. The Morgan fingerprint density at radius 1 is 1.09 bits per heavy atom. The van der Waals surface area contributed by atoms with Crippen LogP contribution >= 0.6 is 11.6 Å². The van der Waals surface area contributed by atoms with E-state index < -0.39 is 0 Å². The molecule has 1 amide bonds. The fourth-order valence-corrected chi connectivity index (χ4v) is 4.97. The molecule has 1 N–H and O–H groups in total. The Kier molecular flexibility index (Phi) is 5.96. The fourth-order valence-electron chi connectivity index (χ4n) is 4.69. The summed E-state index contributed by atoms with van der Waals surface area (Å²) in [7, 11) is 0. The molecule has 5 rings (SSSR count). The van der Waals surface area contributed by atoms with Crippen LogP contribution in [0.15, 0.2) is 48.5 Å². The van der Waals surface area contributed by atoms with Crippen LogP contribution in [-0.2, 0) is 4.79 Å². The van der Waals surface area contributed by atoms with Crippen molar-refractivity contribution in [3.8, 4) is 5.69 Å². The van der Waals surface area contributed by atoms with Gasteiger partial charge in [0.25, 0.3) is 0 Å². The van der Waals surface area contributed by atoms with E-state index in [1.807, 2.05) is 67.1 Å². The van der Waals surface area contributed by atoms with Gasteiger partial charge in [0.15, 0.2) is 5.82 Å². The minimum Gasteiger partial charge on any atom is -0.352 e. The number of rotatable bonds is 4. The molecule has 1 saturated heterocycles. The first kappa shape index (κ1) is 22.3. The molecule has 7 nitrogen and oxygen atoms in total. The van der Waals surface area contributed by atoms with Crippen molar-refractivity contribution in [2.24, 2.45) is 5.92 Å². The normalized spacial score (nSPS) is 16.1. The number of aryl methyl sites for hydroxylation is 3. The van der Waals surface area contributed by atoms with Gasteiger partial charge in [-0.2, -0.15) is 10.2 Å². The van der Waals surface area contributed by atoms with Crippen LogP contribution in [0, 0.1) is 26.7 Å². The first-order chi connectivity index (χ1) is 16.4. The van der Waals surface area contributed by atoms with Gasteiger partial charge in [0, 0.05) is 13.1 Å². The number of para-hydroxylation sites is 1. The third-order valence-electron chi connectivity index (χ3n) is 6.46. The van der Waals surface area contributed by atoms with Crippen molar-refractivity contribution in [3.05, 3.63) is 70.5 Å². The number of hydrogen-bond acceptors (Lipinski definition) is 5. The predicted octanol–water partition coefficient (Wildman–Crippen LogP) is 5.25. The van der Waals surface area contributed by atoms with Crippen LogP contribution in [0.1, 0.15) is 29.8 Å². The molecule has 0 bridgehead atoms. The Bertz CT molecular complexity index is 1370. The minimum atomic E-state index is -0.179. The summed E-state index contributed by atoms with van der Waals surface area (Å²) in [6, 6.07) is 15.7. The van der Waals surface area contributed by atoms with Crippen molar-refractivity contribution in [1.29, 1.82) is 0 Å². The highest BCUT2D eigenvalue weighted by Gasteiger charge is 2.29. The average molecular weight is 475 g/mol. The third kappa shape index (κ3) is 4.12. The number of piperidine rings is 1. The molecule has 174 valence electrons. The summed E-state index contributed by atoms with van der Waals surface area (Å²) in [5.41, 5.74) is 5.38. The van der Waals surface area contributed by atoms with Gasteiger partial charge in [-0.15, -0.1) is 5.10 Å². The maximum atomic E-state index is 13.1. The maximum Gasteiger partial charge on any atom is 0.229 e. The lowest BCUT2D eigenvalue weighted by molar-refractivity contribution is -0.120. The van der Waals surface area contributed by atoms with E-state index in [1.165, 1.54) is 0 Å². The van der Waals surface area contributed by atoms with Crippen LogP contribution in [0.3, 0.4) is 0 Å². The smallest absolute Gasteiger partial charge is 0.229 e. The fraction of sp³-hybridized carbons (Fsp3) is 0.308. The number of fused-ring (bicyclic) bond motifs is 1. The number of nitrogens with zero attached hydrogens (tertiary/aromatic N) is 5. The van der Waals surface area contributed by atoms with Crippen LogP contribution in [0.4, 0.5) is 11.5 Å². The number of carbonyl (C=O) groups is 1. The highest BCUT2D eigenvalue weighted by Crippen LogP contribution is 2.32. The molecule has 0 aliphatic carbocycles. The van der Waals surface area contributed by atoms with E-state index in [9.17, 15) is 4.79 Å². The van der Waals surface area contributed by atoms with E-state index in [0.29, 0.717) is 17.3 Å². The Balaban J connectivity index is 1.44. The zero-order valence-electron chi connectivity index (χ0n) is 19.5. The lowest BCUT2D eigenvalue weighted by Gasteiger charge is -2.32. The summed E-state index contributed by atoms with van der Waals surface area (Å²) in [6.45, 7) is 7.35. The maximum absolute atomic E-state index is 13.1. The van der Waals surface area contributed by atoms with Gasteiger partial charge >= 0.3 is 0 Å². The van der Waals surface area contributed by atoms with E-state index in [2.05, 4.69) is 27.3 Å². The van der Waals surface area contributed by atoms with E-state index >= 15 is 0 Å². The van der Waals surface area contributed by atoms with Gasteiger partial charge in [-0.25, -0.2) is 4.68 Å². The van der Waals surface area contributed by atoms with Crippen LogP contribution < -0.4 is 10.2 Å². The summed E-state index contributed by atoms with van der Waals surface area (Å²) in [6.07, 6.45) is 1.70. The first-order valence-corrected chi connectivity index (χ1v) is 11.9. The van der Waals surface area contributed by atoms with Gasteiger partial charge in [0.1, 0.15) is 5.52 Å². The zero-order valence-corrected chi connectivity index (χ0v) is 20.3. The number of hydrogen-bond donors (Lipinski definition) is 1. The average Bonchev–Trinajstić information content (AvgIpc) is 3.19. The highest BCUT2D eigenvalue weighted by molar-refractivity contribution is 6.33. The van der Waals surface area contributed by atoms with Gasteiger partial charge in [-0.3, -0.25) is 4.79 Å². The van der Waals surface area contributed by atoms with E-state index in [-0.39, 0.29) is 11.8 Å². The molecule has 1 aliphatic heterocycles. The molecule has 0 radical (unpaired) electrons. The van der Waals surface area contributed by atoms with Crippen LogP contribution in [0.25, 0.3) is 16.6 Å². The van der Waals surface area contributed by atoms with E-state index in [1.54, 1.807) is 0 Å². The van der Waals surface area contributed by atoms with Gasteiger partial charge in [-0.05, 0) is 63.4 Å². The van der Waals surface area contributed by atoms with Crippen molar-refractivity contribution < 1.29 is 4.79 Å². The second-order valence-electron chi connectivity index (χ2n) is 8.92. The summed E-state index contributed by atoms with van der Waals surface area (Å²) < 4.78 is 1.94. The molecule has 8 heteroatoms.